The number of hydrogen-bond donors (Lipinski definition) is 1. The molecule has 0 aliphatic carbocycles. The third-order valence-electron chi connectivity index (χ3n) is 4.78. The van der Waals surface area contributed by atoms with Gasteiger partial charge < -0.3 is 13.9 Å². The average molecular weight is 586 g/mol. The molecule has 3 aromatic carbocycles. The van der Waals surface area contributed by atoms with E-state index in [1.165, 1.54) is 13.3 Å². The van der Waals surface area contributed by atoms with Gasteiger partial charge in [-0.15, -0.1) is 0 Å². The van der Waals surface area contributed by atoms with Crippen molar-refractivity contribution in [3.05, 3.63) is 98.1 Å². The Hall–Kier alpha value is -3.43. The molecule has 1 aromatic heterocycles. The average Bonchev–Trinajstić information content (AvgIpc) is 3.27. The first kappa shape index (κ1) is 23.7. The lowest BCUT2D eigenvalue weighted by Gasteiger charge is -2.07. The van der Waals surface area contributed by atoms with Crippen molar-refractivity contribution in [2.24, 2.45) is 5.10 Å². The number of nitrogens with zero attached hydrogens (tertiary/aromatic N) is 1. The minimum atomic E-state index is -0.460. The smallest absolute Gasteiger partial charge is 0.337 e. The predicted octanol–water partition coefficient (Wildman–Crippen LogP) is 6.09. The molecule has 1 amide bonds. The van der Waals surface area contributed by atoms with Crippen LogP contribution in [0.15, 0.2) is 85.2 Å². The summed E-state index contributed by atoms with van der Waals surface area (Å²) in [7, 11) is 1.35. The van der Waals surface area contributed by atoms with Crippen LogP contribution in [0.3, 0.4) is 0 Å². The van der Waals surface area contributed by atoms with Gasteiger partial charge in [-0.2, -0.15) is 5.10 Å². The molecule has 9 heteroatoms. The van der Waals surface area contributed by atoms with Crippen LogP contribution in [0.1, 0.15) is 32.0 Å². The Bertz CT molecular complexity index is 1380. The van der Waals surface area contributed by atoms with E-state index in [4.69, 9.17) is 13.9 Å². The number of esters is 1. The predicted molar refractivity (Wildman–Crippen MR) is 135 cm³/mol. The van der Waals surface area contributed by atoms with Crippen molar-refractivity contribution in [2.45, 2.75) is 6.61 Å². The number of rotatable bonds is 7. The van der Waals surface area contributed by atoms with Crippen molar-refractivity contribution >= 4 is 60.9 Å². The van der Waals surface area contributed by atoms with E-state index < -0.39 is 5.91 Å². The molecule has 0 atom stereocenters. The number of halogens is 2. The van der Waals surface area contributed by atoms with Crippen LogP contribution in [0.4, 0.5) is 0 Å². The van der Waals surface area contributed by atoms with Gasteiger partial charge in [0.25, 0.3) is 0 Å². The molecule has 0 fully saturated rings. The SMILES string of the molecule is COC(=O)c1ccc(COc2cccc(C=NNC(=O)c3cc4cc(Br)cc(Br)c4o3)c2)cc1. The van der Waals surface area contributed by atoms with Gasteiger partial charge in [0.2, 0.25) is 0 Å². The fourth-order valence-corrected chi connectivity index (χ4v) is 4.45. The Morgan fingerprint density at radius 1 is 1.06 bits per heavy atom. The highest BCUT2D eigenvalue weighted by Crippen LogP contribution is 2.31. The zero-order valence-electron chi connectivity index (χ0n) is 17.9. The minimum absolute atomic E-state index is 0.154. The van der Waals surface area contributed by atoms with Crippen molar-refractivity contribution in [3.8, 4) is 5.75 Å². The number of hydrogen-bond acceptors (Lipinski definition) is 6. The molecule has 4 rings (SSSR count). The number of ether oxygens (including phenoxy) is 2. The van der Waals surface area contributed by atoms with Gasteiger partial charge in [0.15, 0.2) is 5.76 Å². The van der Waals surface area contributed by atoms with Gasteiger partial charge in [-0.3, -0.25) is 4.79 Å². The number of methoxy groups -OCH3 is 1. The highest BCUT2D eigenvalue weighted by molar-refractivity contribution is 9.11. The molecule has 1 heterocycles. The molecule has 0 unspecified atom stereocenters. The van der Waals surface area contributed by atoms with E-state index in [-0.39, 0.29) is 11.7 Å². The van der Waals surface area contributed by atoms with Crippen molar-refractivity contribution in [1.29, 1.82) is 0 Å². The Morgan fingerprint density at radius 3 is 2.62 bits per heavy atom. The van der Waals surface area contributed by atoms with Crippen LogP contribution in [0.2, 0.25) is 0 Å². The maximum atomic E-state index is 12.4. The van der Waals surface area contributed by atoms with Crippen molar-refractivity contribution in [2.75, 3.05) is 7.11 Å². The molecule has 4 aromatic rings. The van der Waals surface area contributed by atoms with E-state index in [1.807, 2.05) is 42.5 Å². The molecular formula is C25H18Br2N2O5. The van der Waals surface area contributed by atoms with Crippen molar-refractivity contribution in [1.82, 2.24) is 5.43 Å². The van der Waals surface area contributed by atoms with E-state index in [9.17, 15) is 9.59 Å². The highest BCUT2D eigenvalue weighted by Gasteiger charge is 2.14. The summed E-state index contributed by atoms with van der Waals surface area (Å²) in [4.78, 5) is 23.9. The zero-order chi connectivity index (χ0) is 24.1. The largest absolute Gasteiger partial charge is 0.489 e. The molecule has 0 bridgehead atoms. The summed E-state index contributed by atoms with van der Waals surface area (Å²) in [5, 5.41) is 4.81. The molecule has 1 N–H and O–H groups in total. The molecule has 0 aliphatic rings. The van der Waals surface area contributed by atoms with Crippen LogP contribution in [0.25, 0.3) is 11.0 Å². The molecule has 0 saturated heterocycles. The lowest BCUT2D eigenvalue weighted by Crippen LogP contribution is -2.16. The number of furan rings is 1. The van der Waals surface area contributed by atoms with E-state index >= 15 is 0 Å². The highest BCUT2D eigenvalue weighted by atomic mass is 79.9. The molecule has 0 spiro atoms. The van der Waals surface area contributed by atoms with Crippen LogP contribution in [0, 0.1) is 0 Å². The summed E-state index contributed by atoms with van der Waals surface area (Å²) in [6.45, 7) is 0.330. The van der Waals surface area contributed by atoms with Gasteiger partial charge >= 0.3 is 11.9 Å². The number of carbonyl (C=O) groups is 2. The standard InChI is InChI=1S/C25H18Br2N2O5/c1-32-25(31)17-7-5-15(6-8-17)14-33-20-4-2-3-16(9-20)13-28-29-24(30)22-11-18-10-19(26)12-21(27)23(18)34-22/h2-13H,14H2,1H3,(H,29,30). The second kappa shape index (κ2) is 10.7. The maximum Gasteiger partial charge on any atom is 0.337 e. The van der Waals surface area contributed by atoms with Crippen LogP contribution < -0.4 is 10.2 Å². The summed E-state index contributed by atoms with van der Waals surface area (Å²) in [5.41, 5.74) is 5.19. The number of fused-ring (bicyclic) bond motifs is 1. The first-order valence-electron chi connectivity index (χ1n) is 10.0. The number of benzene rings is 3. The van der Waals surface area contributed by atoms with Gasteiger partial charge in [0.05, 0.1) is 23.4 Å². The van der Waals surface area contributed by atoms with E-state index in [0.717, 1.165) is 25.5 Å². The Labute approximate surface area is 212 Å². The van der Waals surface area contributed by atoms with Gasteiger partial charge in [-0.1, -0.05) is 40.2 Å². The fourth-order valence-electron chi connectivity index (χ4n) is 3.11. The summed E-state index contributed by atoms with van der Waals surface area (Å²) >= 11 is 6.84. The minimum Gasteiger partial charge on any atom is -0.489 e. The number of amides is 1. The lowest BCUT2D eigenvalue weighted by atomic mass is 10.1. The third kappa shape index (κ3) is 5.73. The first-order valence-corrected chi connectivity index (χ1v) is 11.6. The van der Waals surface area contributed by atoms with E-state index in [2.05, 4.69) is 42.4 Å². The Morgan fingerprint density at radius 2 is 1.85 bits per heavy atom. The second-order valence-corrected chi connectivity index (χ2v) is 8.94. The quantitative estimate of drug-likeness (QED) is 0.161. The normalized spacial score (nSPS) is 11.0. The molecule has 0 radical (unpaired) electrons. The fraction of sp³-hybridized carbons (Fsp3) is 0.0800. The molecule has 0 saturated carbocycles. The number of carbonyl (C=O) groups excluding carboxylic acids is 2. The summed E-state index contributed by atoms with van der Waals surface area (Å²) in [6.07, 6.45) is 1.52. The summed E-state index contributed by atoms with van der Waals surface area (Å²) in [6, 6.07) is 19.6. The van der Waals surface area contributed by atoms with E-state index in [1.54, 1.807) is 24.3 Å². The summed E-state index contributed by atoms with van der Waals surface area (Å²) in [5.74, 6) is -0.0487. The van der Waals surface area contributed by atoms with Crippen LogP contribution >= 0.6 is 31.9 Å². The molecule has 0 aliphatic heterocycles. The van der Waals surface area contributed by atoms with Gasteiger partial charge in [-0.05, 0) is 69.5 Å². The maximum absolute atomic E-state index is 12.4. The van der Waals surface area contributed by atoms with E-state index in [0.29, 0.717) is 23.5 Å². The van der Waals surface area contributed by atoms with Gasteiger partial charge in [0.1, 0.15) is 17.9 Å². The molecule has 7 nitrogen and oxygen atoms in total. The molecular weight excluding hydrogens is 568 g/mol. The van der Waals surface area contributed by atoms with Crippen LogP contribution in [-0.4, -0.2) is 25.2 Å². The lowest BCUT2D eigenvalue weighted by molar-refractivity contribution is 0.0600. The monoisotopic (exact) mass is 584 g/mol. The Balaban J connectivity index is 1.35. The number of nitrogens with one attached hydrogen (secondary N) is 1. The third-order valence-corrected chi connectivity index (χ3v) is 5.82. The molecule has 172 valence electrons. The second-order valence-electron chi connectivity index (χ2n) is 7.17. The van der Waals surface area contributed by atoms with Crippen molar-refractivity contribution < 1.29 is 23.5 Å². The van der Waals surface area contributed by atoms with Gasteiger partial charge in [-0.25, -0.2) is 10.2 Å². The topological polar surface area (TPSA) is 90.1 Å². The zero-order valence-corrected chi connectivity index (χ0v) is 21.1. The Kier molecular flexibility index (Phi) is 7.44. The summed E-state index contributed by atoms with van der Waals surface area (Å²) < 4.78 is 17.8. The van der Waals surface area contributed by atoms with Crippen molar-refractivity contribution in [3.63, 3.8) is 0 Å². The first-order chi connectivity index (χ1) is 16.4. The van der Waals surface area contributed by atoms with Crippen LogP contribution in [0.5, 0.6) is 5.75 Å². The van der Waals surface area contributed by atoms with Gasteiger partial charge in [0, 0.05) is 9.86 Å². The van der Waals surface area contributed by atoms with Crippen LogP contribution in [-0.2, 0) is 11.3 Å². The molecule has 34 heavy (non-hydrogen) atoms. The number of hydrazone groups is 1.